The molecule has 3 heteroatoms. The van der Waals surface area contributed by atoms with Gasteiger partial charge in [0.15, 0.2) is 0 Å². The standard InChI is InChI=1S/C15H14BrNO/c1-15(2,18)8-7-12-11-13(16)5-6-14(12)17-9-3-4-10-17/h3-6,9-11,18H,1-2H3. The van der Waals surface area contributed by atoms with E-state index in [1.165, 1.54) is 0 Å². The van der Waals surface area contributed by atoms with Gasteiger partial charge >= 0.3 is 0 Å². The van der Waals surface area contributed by atoms with Crippen molar-refractivity contribution in [3.05, 3.63) is 52.8 Å². The second kappa shape index (κ2) is 5.01. The SMILES string of the molecule is CC(C)(O)C#Cc1cc(Br)ccc1-n1cccc1. The van der Waals surface area contributed by atoms with Crippen molar-refractivity contribution in [1.29, 1.82) is 0 Å². The second-order valence-corrected chi connectivity index (χ2v) is 5.48. The van der Waals surface area contributed by atoms with Crippen LogP contribution in [-0.4, -0.2) is 15.3 Å². The van der Waals surface area contributed by atoms with Gasteiger partial charge in [-0.1, -0.05) is 27.8 Å². The van der Waals surface area contributed by atoms with Crippen molar-refractivity contribution in [2.24, 2.45) is 0 Å². The first kappa shape index (κ1) is 12.9. The van der Waals surface area contributed by atoms with Crippen LogP contribution in [0.4, 0.5) is 0 Å². The molecule has 0 atom stereocenters. The average molecular weight is 304 g/mol. The Morgan fingerprint density at radius 1 is 1.22 bits per heavy atom. The van der Waals surface area contributed by atoms with E-state index in [1.807, 2.05) is 47.3 Å². The van der Waals surface area contributed by atoms with E-state index in [-0.39, 0.29) is 0 Å². The Hall–Kier alpha value is -1.50. The van der Waals surface area contributed by atoms with Crippen LogP contribution in [0.5, 0.6) is 0 Å². The smallest absolute Gasteiger partial charge is 0.120 e. The number of benzene rings is 1. The van der Waals surface area contributed by atoms with Crippen LogP contribution in [-0.2, 0) is 0 Å². The highest BCUT2D eigenvalue weighted by Crippen LogP contribution is 2.20. The van der Waals surface area contributed by atoms with Crippen LogP contribution in [0.2, 0.25) is 0 Å². The predicted octanol–water partition coefficient (Wildman–Crippen LogP) is 3.36. The van der Waals surface area contributed by atoms with Crippen LogP contribution in [0.25, 0.3) is 5.69 Å². The summed E-state index contributed by atoms with van der Waals surface area (Å²) < 4.78 is 2.97. The summed E-state index contributed by atoms with van der Waals surface area (Å²) in [5.41, 5.74) is 0.888. The minimum absolute atomic E-state index is 0.878. The van der Waals surface area contributed by atoms with Gasteiger partial charge in [0.1, 0.15) is 5.60 Å². The fourth-order valence-electron chi connectivity index (χ4n) is 1.55. The molecular formula is C15H14BrNO. The van der Waals surface area contributed by atoms with Crippen molar-refractivity contribution in [2.45, 2.75) is 19.4 Å². The van der Waals surface area contributed by atoms with Gasteiger partial charge < -0.3 is 9.67 Å². The molecule has 0 aliphatic heterocycles. The average Bonchev–Trinajstić information content (AvgIpc) is 2.79. The maximum atomic E-state index is 9.68. The number of halogens is 1. The Morgan fingerprint density at radius 3 is 2.50 bits per heavy atom. The van der Waals surface area contributed by atoms with Gasteiger partial charge in [0.2, 0.25) is 0 Å². The largest absolute Gasteiger partial charge is 0.378 e. The number of hydrogen-bond donors (Lipinski definition) is 1. The summed E-state index contributed by atoms with van der Waals surface area (Å²) in [5.74, 6) is 5.87. The lowest BCUT2D eigenvalue weighted by molar-refractivity contribution is 0.143. The predicted molar refractivity (Wildman–Crippen MR) is 76.6 cm³/mol. The number of rotatable bonds is 1. The van der Waals surface area contributed by atoms with Gasteiger partial charge in [-0.25, -0.2) is 0 Å². The summed E-state index contributed by atoms with van der Waals surface area (Å²) in [6.45, 7) is 3.35. The Balaban J connectivity index is 2.51. The van der Waals surface area contributed by atoms with Crippen molar-refractivity contribution in [1.82, 2.24) is 4.57 Å². The van der Waals surface area contributed by atoms with E-state index in [4.69, 9.17) is 0 Å². The second-order valence-electron chi connectivity index (χ2n) is 4.56. The summed E-state index contributed by atoms with van der Waals surface area (Å²) in [7, 11) is 0. The fourth-order valence-corrected chi connectivity index (χ4v) is 1.91. The van der Waals surface area contributed by atoms with E-state index in [0.29, 0.717) is 0 Å². The monoisotopic (exact) mass is 303 g/mol. The molecule has 1 aromatic heterocycles. The van der Waals surface area contributed by atoms with Crippen LogP contribution in [0, 0.1) is 11.8 Å². The molecule has 0 aliphatic carbocycles. The molecule has 2 rings (SSSR count). The molecule has 0 saturated heterocycles. The normalized spacial score (nSPS) is 10.9. The van der Waals surface area contributed by atoms with E-state index in [1.54, 1.807) is 13.8 Å². The number of aliphatic hydroxyl groups is 1. The zero-order valence-corrected chi connectivity index (χ0v) is 11.9. The minimum Gasteiger partial charge on any atom is -0.378 e. The molecule has 0 amide bonds. The third-order valence-corrected chi connectivity index (χ3v) is 2.84. The highest BCUT2D eigenvalue weighted by molar-refractivity contribution is 9.10. The summed E-state index contributed by atoms with van der Waals surface area (Å²) in [4.78, 5) is 0. The lowest BCUT2D eigenvalue weighted by atomic mass is 10.1. The first-order chi connectivity index (χ1) is 8.46. The lowest BCUT2D eigenvalue weighted by Crippen LogP contribution is -2.14. The molecule has 2 aromatic rings. The number of hydrogen-bond acceptors (Lipinski definition) is 1. The molecule has 0 unspecified atom stereocenters. The van der Waals surface area contributed by atoms with Gasteiger partial charge in [-0.05, 0) is 44.2 Å². The van der Waals surface area contributed by atoms with Crippen LogP contribution in [0.1, 0.15) is 19.4 Å². The van der Waals surface area contributed by atoms with E-state index >= 15 is 0 Å². The molecule has 1 N–H and O–H groups in total. The molecule has 92 valence electrons. The highest BCUT2D eigenvalue weighted by Gasteiger charge is 2.07. The molecule has 2 nitrogen and oxygen atoms in total. The van der Waals surface area contributed by atoms with Gasteiger partial charge in [0.25, 0.3) is 0 Å². The molecule has 0 aliphatic rings. The van der Waals surface area contributed by atoms with Gasteiger partial charge in [-0.2, -0.15) is 0 Å². The van der Waals surface area contributed by atoms with Crippen molar-refractivity contribution in [3.63, 3.8) is 0 Å². The van der Waals surface area contributed by atoms with Crippen molar-refractivity contribution in [3.8, 4) is 17.5 Å². The van der Waals surface area contributed by atoms with Gasteiger partial charge in [-0.15, -0.1) is 0 Å². The Labute approximate surface area is 115 Å². The fraction of sp³-hybridized carbons (Fsp3) is 0.200. The molecule has 1 heterocycles. The van der Waals surface area contributed by atoms with Crippen LogP contribution < -0.4 is 0 Å². The van der Waals surface area contributed by atoms with Crippen LogP contribution in [0.3, 0.4) is 0 Å². The molecule has 0 radical (unpaired) electrons. The van der Waals surface area contributed by atoms with Crippen LogP contribution >= 0.6 is 15.9 Å². The van der Waals surface area contributed by atoms with E-state index in [0.717, 1.165) is 15.7 Å². The number of nitrogens with zero attached hydrogens (tertiary/aromatic N) is 1. The summed E-state index contributed by atoms with van der Waals surface area (Å²) in [6.07, 6.45) is 3.94. The molecule has 0 fully saturated rings. The Kier molecular flexibility index (Phi) is 3.60. The molecular weight excluding hydrogens is 290 g/mol. The summed E-state index contributed by atoms with van der Waals surface area (Å²) in [5, 5.41) is 9.68. The first-order valence-corrected chi connectivity index (χ1v) is 6.43. The lowest BCUT2D eigenvalue weighted by Gasteiger charge is -2.09. The highest BCUT2D eigenvalue weighted by atomic mass is 79.9. The maximum Gasteiger partial charge on any atom is 0.120 e. The quantitative estimate of drug-likeness (QED) is 0.803. The van der Waals surface area contributed by atoms with Gasteiger partial charge in [0.05, 0.1) is 5.69 Å². The van der Waals surface area contributed by atoms with Crippen LogP contribution in [0.15, 0.2) is 47.2 Å². The molecule has 0 spiro atoms. The van der Waals surface area contributed by atoms with E-state index in [2.05, 4.69) is 27.8 Å². The molecule has 1 aromatic carbocycles. The van der Waals surface area contributed by atoms with E-state index in [9.17, 15) is 5.11 Å². The zero-order valence-electron chi connectivity index (χ0n) is 10.3. The molecule has 0 saturated carbocycles. The minimum atomic E-state index is -0.990. The third-order valence-electron chi connectivity index (χ3n) is 2.34. The zero-order chi connectivity index (χ0) is 13.2. The van der Waals surface area contributed by atoms with Gasteiger partial charge in [0, 0.05) is 22.4 Å². The molecule has 18 heavy (non-hydrogen) atoms. The third kappa shape index (κ3) is 3.25. The van der Waals surface area contributed by atoms with Crippen molar-refractivity contribution >= 4 is 15.9 Å². The summed E-state index contributed by atoms with van der Waals surface area (Å²) >= 11 is 3.44. The topological polar surface area (TPSA) is 25.2 Å². The number of aromatic nitrogens is 1. The summed E-state index contributed by atoms with van der Waals surface area (Å²) in [6, 6.07) is 9.86. The van der Waals surface area contributed by atoms with E-state index < -0.39 is 5.60 Å². The Bertz CT molecular complexity index is 598. The van der Waals surface area contributed by atoms with Crippen molar-refractivity contribution < 1.29 is 5.11 Å². The maximum absolute atomic E-state index is 9.68. The van der Waals surface area contributed by atoms with Crippen molar-refractivity contribution in [2.75, 3.05) is 0 Å². The molecule has 0 bridgehead atoms. The first-order valence-electron chi connectivity index (χ1n) is 5.64. The van der Waals surface area contributed by atoms with Gasteiger partial charge in [-0.3, -0.25) is 0 Å². The Morgan fingerprint density at radius 2 is 1.89 bits per heavy atom.